The molecule has 0 amide bonds. The highest BCUT2D eigenvalue weighted by molar-refractivity contribution is 7.89. The Morgan fingerprint density at radius 2 is 2.10 bits per heavy atom. The molecule has 21 heavy (non-hydrogen) atoms. The molecule has 7 heteroatoms. The summed E-state index contributed by atoms with van der Waals surface area (Å²) in [7, 11) is -3.51. The maximum absolute atomic E-state index is 12.8. The van der Waals surface area contributed by atoms with Crippen LogP contribution in [0.3, 0.4) is 0 Å². The van der Waals surface area contributed by atoms with Crippen molar-refractivity contribution in [2.45, 2.75) is 51.2 Å². The van der Waals surface area contributed by atoms with Gasteiger partial charge < -0.3 is 9.88 Å². The van der Waals surface area contributed by atoms with Gasteiger partial charge in [-0.1, -0.05) is 0 Å². The fourth-order valence-corrected chi connectivity index (χ4v) is 4.32. The van der Waals surface area contributed by atoms with E-state index in [9.17, 15) is 8.42 Å². The standard InChI is InChI=1S/C14H26N4O2S/c1-4-17-10-14(16-11-17)21(19,20)18(12(2)3)9-13-5-7-15-8-6-13/h10-13,15H,4-9H2,1-3H3. The Morgan fingerprint density at radius 1 is 1.43 bits per heavy atom. The molecule has 2 heterocycles. The molecule has 1 aliphatic heterocycles. The minimum absolute atomic E-state index is 0.0586. The van der Waals surface area contributed by atoms with Gasteiger partial charge in [0.05, 0.1) is 6.33 Å². The molecule has 1 aromatic rings. The van der Waals surface area contributed by atoms with Gasteiger partial charge in [-0.2, -0.15) is 4.31 Å². The van der Waals surface area contributed by atoms with Crippen LogP contribution in [-0.2, 0) is 16.6 Å². The first-order valence-corrected chi connectivity index (χ1v) is 9.13. The molecular formula is C14H26N4O2S. The topological polar surface area (TPSA) is 67.2 Å². The Bertz CT molecular complexity index is 547. The molecule has 0 unspecified atom stereocenters. The molecule has 0 spiro atoms. The predicted octanol–water partition coefficient (Wildman–Crippen LogP) is 1.30. The summed E-state index contributed by atoms with van der Waals surface area (Å²) in [6.07, 6.45) is 5.26. The lowest BCUT2D eigenvalue weighted by Gasteiger charge is -2.31. The minimum atomic E-state index is -3.51. The van der Waals surface area contributed by atoms with Gasteiger partial charge in [0.25, 0.3) is 10.0 Å². The normalized spacial score (nSPS) is 17.8. The van der Waals surface area contributed by atoms with Crippen molar-refractivity contribution in [1.82, 2.24) is 19.2 Å². The number of imidazole rings is 1. The highest BCUT2D eigenvalue weighted by Crippen LogP contribution is 2.21. The number of aromatic nitrogens is 2. The molecule has 0 atom stereocenters. The lowest BCUT2D eigenvalue weighted by atomic mass is 9.98. The Morgan fingerprint density at radius 3 is 2.62 bits per heavy atom. The van der Waals surface area contributed by atoms with Gasteiger partial charge >= 0.3 is 0 Å². The zero-order valence-electron chi connectivity index (χ0n) is 13.1. The predicted molar refractivity (Wildman–Crippen MR) is 82.5 cm³/mol. The van der Waals surface area contributed by atoms with Crippen molar-refractivity contribution in [2.75, 3.05) is 19.6 Å². The van der Waals surface area contributed by atoms with E-state index < -0.39 is 10.0 Å². The average molecular weight is 314 g/mol. The van der Waals surface area contributed by atoms with Gasteiger partial charge in [0.15, 0.2) is 5.03 Å². The van der Waals surface area contributed by atoms with Crippen LogP contribution < -0.4 is 5.32 Å². The Hall–Kier alpha value is -0.920. The van der Waals surface area contributed by atoms with Crippen LogP contribution in [0.4, 0.5) is 0 Å². The molecule has 1 N–H and O–H groups in total. The van der Waals surface area contributed by atoms with E-state index in [2.05, 4.69) is 10.3 Å². The summed E-state index contributed by atoms with van der Waals surface area (Å²) in [5, 5.41) is 3.47. The average Bonchev–Trinajstić information content (AvgIpc) is 2.95. The number of nitrogens with one attached hydrogen (secondary N) is 1. The smallest absolute Gasteiger partial charge is 0.262 e. The van der Waals surface area contributed by atoms with Crippen molar-refractivity contribution in [3.8, 4) is 0 Å². The summed E-state index contributed by atoms with van der Waals surface area (Å²) in [6.45, 7) is 9.07. The summed E-state index contributed by atoms with van der Waals surface area (Å²) >= 11 is 0. The van der Waals surface area contributed by atoms with Crippen LogP contribution in [0.5, 0.6) is 0 Å². The molecule has 1 aliphatic rings. The largest absolute Gasteiger partial charge is 0.336 e. The maximum Gasteiger partial charge on any atom is 0.262 e. The Labute approximate surface area is 127 Å². The summed E-state index contributed by atoms with van der Waals surface area (Å²) in [5.74, 6) is 0.427. The van der Waals surface area contributed by atoms with Crippen molar-refractivity contribution in [3.05, 3.63) is 12.5 Å². The number of rotatable bonds is 6. The van der Waals surface area contributed by atoms with E-state index in [1.165, 1.54) is 0 Å². The van der Waals surface area contributed by atoms with Gasteiger partial charge in [-0.05, 0) is 52.6 Å². The monoisotopic (exact) mass is 314 g/mol. The fraction of sp³-hybridized carbons (Fsp3) is 0.786. The first-order valence-electron chi connectivity index (χ1n) is 7.69. The van der Waals surface area contributed by atoms with E-state index in [4.69, 9.17) is 0 Å². The second-order valence-electron chi connectivity index (χ2n) is 5.90. The molecule has 2 rings (SSSR count). The lowest BCUT2D eigenvalue weighted by molar-refractivity contribution is 0.260. The minimum Gasteiger partial charge on any atom is -0.336 e. The molecule has 0 radical (unpaired) electrons. The van der Waals surface area contributed by atoms with Gasteiger partial charge in [0.1, 0.15) is 0 Å². The van der Waals surface area contributed by atoms with Crippen LogP contribution in [0.25, 0.3) is 0 Å². The van der Waals surface area contributed by atoms with Gasteiger partial charge in [0, 0.05) is 25.3 Å². The molecule has 1 fully saturated rings. The molecule has 6 nitrogen and oxygen atoms in total. The number of sulfonamides is 1. The molecule has 1 saturated heterocycles. The third kappa shape index (κ3) is 3.84. The summed E-state index contributed by atoms with van der Waals surface area (Å²) in [5.41, 5.74) is 0. The number of hydrogen-bond donors (Lipinski definition) is 1. The second-order valence-corrected chi connectivity index (χ2v) is 7.74. The van der Waals surface area contributed by atoms with E-state index in [0.717, 1.165) is 32.5 Å². The van der Waals surface area contributed by atoms with Crippen LogP contribution in [0.2, 0.25) is 0 Å². The van der Waals surface area contributed by atoms with E-state index in [0.29, 0.717) is 12.5 Å². The van der Waals surface area contributed by atoms with E-state index in [-0.39, 0.29) is 11.1 Å². The first-order chi connectivity index (χ1) is 9.95. The van der Waals surface area contributed by atoms with Crippen molar-refractivity contribution < 1.29 is 8.42 Å². The maximum atomic E-state index is 12.8. The number of nitrogens with zero attached hydrogens (tertiary/aromatic N) is 3. The molecule has 0 aromatic carbocycles. The van der Waals surface area contributed by atoms with Crippen molar-refractivity contribution in [2.24, 2.45) is 5.92 Å². The van der Waals surface area contributed by atoms with Crippen molar-refractivity contribution in [3.63, 3.8) is 0 Å². The van der Waals surface area contributed by atoms with Gasteiger partial charge in [-0.3, -0.25) is 0 Å². The van der Waals surface area contributed by atoms with Crippen LogP contribution in [0.15, 0.2) is 17.6 Å². The summed E-state index contributed by atoms with van der Waals surface area (Å²) < 4.78 is 29.0. The quantitative estimate of drug-likeness (QED) is 0.859. The molecule has 0 bridgehead atoms. The third-order valence-corrected chi connectivity index (χ3v) is 5.95. The van der Waals surface area contributed by atoms with Crippen molar-refractivity contribution in [1.29, 1.82) is 0 Å². The van der Waals surface area contributed by atoms with Crippen LogP contribution in [-0.4, -0.2) is 48.0 Å². The van der Waals surface area contributed by atoms with E-state index in [1.807, 2.05) is 20.8 Å². The second kappa shape index (κ2) is 6.89. The summed E-state index contributed by atoms with van der Waals surface area (Å²) in [4.78, 5) is 4.08. The highest BCUT2D eigenvalue weighted by atomic mass is 32.2. The lowest BCUT2D eigenvalue weighted by Crippen LogP contribution is -2.43. The molecule has 120 valence electrons. The molecule has 0 aliphatic carbocycles. The van der Waals surface area contributed by atoms with E-state index in [1.54, 1.807) is 21.4 Å². The SMILES string of the molecule is CCn1cnc(S(=O)(=O)N(CC2CCNCC2)C(C)C)c1. The zero-order chi connectivity index (χ0) is 15.5. The van der Waals surface area contributed by atoms with Gasteiger partial charge in [-0.15, -0.1) is 0 Å². The molecule has 0 saturated carbocycles. The Kier molecular flexibility index (Phi) is 5.40. The van der Waals surface area contributed by atoms with Crippen molar-refractivity contribution >= 4 is 10.0 Å². The molecular weight excluding hydrogens is 288 g/mol. The summed E-state index contributed by atoms with van der Waals surface area (Å²) in [6, 6.07) is -0.0586. The fourth-order valence-electron chi connectivity index (χ4n) is 2.67. The van der Waals surface area contributed by atoms with Crippen LogP contribution in [0, 0.1) is 5.92 Å². The first kappa shape index (κ1) is 16.5. The highest BCUT2D eigenvalue weighted by Gasteiger charge is 2.31. The number of piperidine rings is 1. The number of hydrogen-bond acceptors (Lipinski definition) is 4. The number of aryl methyl sites for hydroxylation is 1. The van der Waals surface area contributed by atoms with Gasteiger partial charge in [-0.25, -0.2) is 13.4 Å². The molecule has 1 aromatic heterocycles. The van der Waals surface area contributed by atoms with Gasteiger partial charge in [0.2, 0.25) is 0 Å². The van der Waals surface area contributed by atoms with Crippen LogP contribution >= 0.6 is 0 Å². The van der Waals surface area contributed by atoms with E-state index >= 15 is 0 Å². The zero-order valence-corrected chi connectivity index (χ0v) is 13.9. The van der Waals surface area contributed by atoms with Crippen LogP contribution in [0.1, 0.15) is 33.6 Å². The third-order valence-electron chi connectivity index (χ3n) is 4.02. The Balaban J connectivity index is 2.19.